The maximum Gasteiger partial charge on any atom is 0.122 e. The summed E-state index contributed by atoms with van der Waals surface area (Å²) in [5.41, 5.74) is 1.17. The van der Waals surface area contributed by atoms with Gasteiger partial charge in [0.2, 0.25) is 0 Å². The minimum absolute atomic E-state index is 0.165. The van der Waals surface area contributed by atoms with Gasteiger partial charge >= 0.3 is 0 Å². The van der Waals surface area contributed by atoms with Gasteiger partial charge in [0.15, 0.2) is 0 Å². The molecule has 0 aliphatic carbocycles. The average molecular weight is 274 g/mol. The monoisotopic (exact) mass is 274 g/mol. The fraction of sp³-hybridized carbons (Fsp3) is 0.588. The molecule has 0 bridgehead atoms. The third kappa shape index (κ3) is 6.18. The number of nitriles is 1. The molecule has 0 aromatic heterocycles. The Kier molecular flexibility index (Phi) is 8.69. The van der Waals surface area contributed by atoms with Gasteiger partial charge in [-0.1, -0.05) is 69.4 Å². The highest BCUT2D eigenvalue weighted by atomic mass is 16.7. The fourth-order valence-electron chi connectivity index (χ4n) is 2.28. The van der Waals surface area contributed by atoms with Crippen molar-refractivity contribution in [2.24, 2.45) is 0 Å². The highest BCUT2D eigenvalue weighted by Gasteiger charge is 2.17. The van der Waals surface area contributed by atoms with E-state index in [2.05, 4.69) is 25.1 Å². The van der Waals surface area contributed by atoms with Crippen LogP contribution in [0.3, 0.4) is 0 Å². The second-order valence-corrected chi connectivity index (χ2v) is 5.09. The van der Waals surface area contributed by atoms with Crippen molar-refractivity contribution < 1.29 is 4.84 Å². The molecule has 0 aliphatic heterocycles. The van der Waals surface area contributed by atoms with E-state index in [9.17, 15) is 5.26 Å². The van der Waals surface area contributed by atoms with Crippen LogP contribution in [0.5, 0.6) is 0 Å². The Morgan fingerprint density at radius 2 is 1.85 bits per heavy atom. The molecule has 20 heavy (non-hydrogen) atoms. The summed E-state index contributed by atoms with van der Waals surface area (Å²) in [6.45, 7) is 2.87. The van der Waals surface area contributed by atoms with E-state index in [1.807, 2.05) is 18.2 Å². The average Bonchev–Trinajstić information content (AvgIpc) is 2.50. The number of nitrogens with zero attached hydrogens (tertiary/aromatic N) is 2. The van der Waals surface area contributed by atoms with E-state index in [0.717, 1.165) is 12.8 Å². The van der Waals surface area contributed by atoms with Gasteiger partial charge in [-0.3, -0.25) is 0 Å². The van der Waals surface area contributed by atoms with Gasteiger partial charge in [-0.25, -0.2) is 0 Å². The maximum atomic E-state index is 9.34. The molecule has 3 heteroatoms. The first kappa shape index (κ1) is 16.7. The minimum atomic E-state index is -0.165. The van der Waals surface area contributed by atoms with Crippen molar-refractivity contribution in [3.8, 4) is 6.07 Å². The highest BCUT2D eigenvalue weighted by molar-refractivity contribution is 5.14. The minimum Gasteiger partial charge on any atom is -0.301 e. The van der Waals surface area contributed by atoms with Crippen LogP contribution in [-0.2, 0) is 11.4 Å². The second-order valence-electron chi connectivity index (χ2n) is 5.09. The van der Waals surface area contributed by atoms with Gasteiger partial charge in [-0.2, -0.15) is 10.3 Å². The maximum absolute atomic E-state index is 9.34. The van der Waals surface area contributed by atoms with Crippen LogP contribution in [0.2, 0.25) is 0 Å². The lowest BCUT2D eigenvalue weighted by Crippen LogP contribution is -2.32. The molecular formula is C17H26N2O. The molecular weight excluding hydrogens is 248 g/mol. The van der Waals surface area contributed by atoms with Gasteiger partial charge in [-0.15, -0.1) is 0 Å². The first-order valence-corrected chi connectivity index (χ1v) is 7.56. The molecule has 1 aromatic carbocycles. The first-order chi connectivity index (χ1) is 9.81. The van der Waals surface area contributed by atoms with E-state index in [0.29, 0.717) is 6.54 Å². The van der Waals surface area contributed by atoms with Crippen LogP contribution in [-0.4, -0.2) is 18.2 Å². The molecule has 0 saturated carbocycles. The van der Waals surface area contributed by atoms with Crippen molar-refractivity contribution in [2.75, 3.05) is 7.11 Å². The topological polar surface area (TPSA) is 36.3 Å². The van der Waals surface area contributed by atoms with Crippen LogP contribution in [0.4, 0.5) is 0 Å². The summed E-state index contributed by atoms with van der Waals surface area (Å²) in [6.07, 6.45) is 6.97. The lowest BCUT2D eigenvalue weighted by Gasteiger charge is -2.24. The van der Waals surface area contributed by atoms with Crippen molar-refractivity contribution in [2.45, 2.75) is 58.0 Å². The molecule has 0 aliphatic rings. The first-order valence-electron chi connectivity index (χ1n) is 7.56. The van der Waals surface area contributed by atoms with Crippen LogP contribution >= 0.6 is 0 Å². The summed E-state index contributed by atoms with van der Waals surface area (Å²) in [7, 11) is 1.64. The molecule has 3 nitrogen and oxygen atoms in total. The van der Waals surface area contributed by atoms with Crippen LogP contribution in [0, 0.1) is 11.3 Å². The molecule has 1 unspecified atom stereocenters. The van der Waals surface area contributed by atoms with Crippen LogP contribution < -0.4 is 0 Å². The number of hydrogen-bond acceptors (Lipinski definition) is 3. The third-order valence-electron chi connectivity index (χ3n) is 3.49. The van der Waals surface area contributed by atoms with Crippen molar-refractivity contribution in [3.63, 3.8) is 0 Å². The summed E-state index contributed by atoms with van der Waals surface area (Å²) in [5.74, 6) is 0. The number of rotatable bonds is 10. The summed E-state index contributed by atoms with van der Waals surface area (Å²) in [6, 6.07) is 12.3. The van der Waals surface area contributed by atoms with E-state index < -0.39 is 0 Å². The van der Waals surface area contributed by atoms with Crippen molar-refractivity contribution >= 4 is 0 Å². The Morgan fingerprint density at radius 1 is 1.15 bits per heavy atom. The highest BCUT2D eigenvalue weighted by Crippen LogP contribution is 2.14. The van der Waals surface area contributed by atoms with Gasteiger partial charge in [0.05, 0.1) is 19.7 Å². The Hall–Kier alpha value is -1.37. The largest absolute Gasteiger partial charge is 0.301 e. The van der Waals surface area contributed by atoms with E-state index in [1.54, 1.807) is 12.2 Å². The van der Waals surface area contributed by atoms with Gasteiger partial charge in [0.25, 0.3) is 0 Å². The molecule has 0 saturated heterocycles. The predicted octanol–water partition coefficient (Wildman–Crippen LogP) is 4.30. The summed E-state index contributed by atoms with van der Waals surface area (Å²) < 4.78 is 0. The number of unbranched alkanes of at least 4 members (excludes halogenated alkanes) is 4. The SMILES string of the molecule is CCCCCCCC(C#N)N(Cc1ccccc1)OC. The van der Waals surface area contributed by atoms with E-state index in [-0.39, 0.29) is 6.04 Å². The zero-order valence-electron chi connectivity index (χ0n) is 12.7. The zero-order valence-corrected chi connectivity index (χ0v) is 12.7. The number of benzene rings is 1. The molecule has 1 atom stereocenters. The van der Waals surface area contributed by atoms with Gasteiger partial charge in [0, 0.05) is 0 Å². The van der Waals surface area contributed by atoms with Crippen molar-refractivity contribution in [1.29, 1.82) is 5.26 Å². The lowest BCUT2D eigenvalue weighted by atomic mass is 10.1. The second kappa shape index (κ2) is 10.4. The summed E-state index contributed by atoms with van der Waals surface area (Å²) in [4.78, 5) is 5.40. The molecule has 1 rings (SSSR count). The Labute approximate surface area is 123 Å². The van der Waals surface area contributed by atoms with E-state index in [1.165, 1.54) is 31.2 Å². The van der Waals surface area contributed by atoms with Gasteiger partial charge < -0.3 is 4.84 Å². The molecule has 0 spiro atoms. The molecule has 110 valence electrons. The van der Waals surface area contributed by atoms with E-state index >= 15 is 0 Å². The van der Waals surface area contributed by atoms with Crippen molar-refractivity contribution in [1.82, 2.24) is 5.06 Å². The van der Waals surface area contributed by atoms with Gasteiger partial charge in [-0.05, 0) is 12.0 Å². The molecule has 0 N–H and O–H groups in total. The van der Waals surface area contributed by atoms with Crippen LogP contribution in [0.1, 0.15) is 51.0 Å². The van der Waals surface area contributed by atoms with Gasteiger partial charge in [0.1, 0.15) is 6.04 Å². The molecule has 1 aromatic rings. The summed E-state index contributed by atoms with van der Waals surface area (Å²) in [5, 5.41) is 11.1. The summed E-state index contributed by atoms with van der Waals surface area (Å²) >= 11 is 0. The number of hydroxylamine groups is 2. The molecule has 0 radical (unpaired) electrons. The molecule has 0 heterocycles. The zero-order chi connectivity index (χ0) is 14.6. The predicted molar refractivity (Wildman–Crippen MR) is 81.8 cm³/mol. The van der Waals surface area contributed by atoms with E-state index in [4.69, 9.17) is 4.84 Å². The quantitative estimate of drug-likeness (QED) is 0.471. The normalized spacial score (nSPS) is 12.3. The third-order valence-corrected chi connectivity index (χ3v) is 3.49. The van der Waals surface area contributed by atoms with Crippen LogP contribution in [0.25, 0.3) is 0 Å². The van der Waals surface area contributed by atoms with Crippen molar-refractivity contribution in [3.05, 3.63) is 35.9 Å². The molecule has 0 fully saturated rings. The molecule has 0 amide bonds. The van der Waals surface area contributed by atoms with Crippen LogP contribution in [0.15, 0.2) is 30.3 Å². The lowest BCUT2D eigenvalue weighted by molar-refractivity contribution is -0.158. The Balaban J connectivity index is 2.42. The smallest absolute Gasteiger partial charge is 0.122 e. The Bertz CT molecular complexity index is 386. The standard InChI is InChI=1S/C17H26N2O/c1-3-4-5-6-10-13-17(14-18)19(20-2)15-16-11-8-7-9-12-16/h7-9,11-12,17H,3-6,10,13,15H2,1-2H3. The fourth-order valence-corrected chi connectivity index (χ4v) is 2.28. The number of hydrogen-bond donors (Lipinski definition) is 0. The Morgan fingerprint density at radius 3 is 2.45 bits per heavy atom.